The molecule has 0 amide bonds. The second kappa shape index (κ2) is 4.62. The normalized spacial score (nSPS) is 49.4. The van der Waals surface area contributed by atoms with E-state index < -0.39 is 0 Å². The number of allylic oxidation sites excluding steroid dienone is 6. The van der Waals surface area contributed by atoms with Gasteiger partial charge in [-0.05, 0) is 60.5 Å². The molecule has 0 heterocycles. The summed E-state index contributed by atoms with van der Waals surface area (Å²) in [6, 6.07) is 0. The first-order valence-corrected chi connectivity index (χ1v) is 8.75. The van der Waals surface area contributed by atoms with Crippen molar-refractivity contribution in [3.63, 3.8) is 0 Å². The fraction of sp³-hybridized carbons (Fsp3) is 0.619. The van der Waals surface area contributed by atoms with Gasteiger partial charge in [-0.15, -0.1) is 12.3 Å². The molecule has 0 bridgehead atoms. The maximum absolute atomic E-state index is 10.0. The smallest absolute Gasteiger partial charge is 0.0546 e. The van der Waals surface area contributed by atoms with Crippen LogP contribution in [-0.2, 0) is 0 Å². The van der Waals surface area contributed by atoms with E-state index in [1.54, 1.807) is 0 Å². The highest BCUT2D eigenvalue weighted by Gasteiger charge is 2.51. The molecule has 116 valence electrons. The van der Waals surface area contributed by atoms with Gasteiger partial charge in [0, 0.05) is 11.3 Å². The molecule has 4 rings (SSSR count). The minimum atomic E-state index is -0.125. The molecule has 0 aromatic carbocycles. The van der Waals surface area contributed by atoms with E-state index in [0.717, 1.165) is 25.7 Å². The Hall–Kier alpha value is -1.26. The first-order chi connectivity index (χ1) is 10.5. The summed E-state index contributed by atoms with van der Waals surface area (Å²) in [5.74, 6) is 4.47. The molecule has 0 aromatic rings. The third-order valence-corrected chi connectivity index (χ3v) is 7.21. The molecular formula is C21H26O. The molecule has 2 saturated carbocycles. The van der Waals surface area contributed by atoms with Crippen molar-refractivity contribution in [2.45, 2.75) is 52.1 Å². The van der Waals surface area contributed by atoms with Gasteiger partial charge < -0.3 is 5.11 Å². The SMILES string of the molecule is C#CC1CCC2C3=C(C=CC12C)[C@@]1(C)CC[C@@H](O)C[C@H]1C=C3. The molecule has 1 nitrogen and oxygen atoms in total. The summed E-state index contributed by atoms with van der Waals surface area (Å²) in [5.41, 5.74) is 3.41. The van der Waals surface area contributed by atoms with Gasteiger partial charge in [0.15, 0.2) is 0 Å². The van der Waals surface area contributed by atoms with Crippen LogP contribution in [0.1, 0.15) is 46.0 Å². The number of hydrogen-bond donors (Lipinski definition) is 1. The topological polar surface area (TPSA) is 20.2 Å². The van der Waals surface area contributed by atoms with Gasteiger partial charge in [0.2, 0.25) is 0 Å². The van der Waals surface area contributed by atoms with Crippen LogP contribution in [0.25, 0.3) is 0 Å². The Balaban J connectivity index is 1.77. The van der Waals surface area contributed by atoms with Crippen LogP contribution in [-0.4, -0.2) is 11.2 Å². The van der Waals surface area contributed by atoms with Crippen molar-refractivity contribution in [2.24, 2.45) is 28.6 Å². The van der Waals surface area contributed by atoms with Gasteiger partial charge in [-0.25, -0.2) is 0 Å². The Morgan fingerprint density at radius 1 is 1.23 bits per heavy atom. The van der Waals surface area contributed by atoms with E-state index in [-0.39, 0.29) is 16.9 Å². The lowest BCUT2D eigenvalue weighted by molar-refractivity contribution is 0.0554. The number of aliphatic hydroxyl groups excluding tert-OH is 1. The van der Waals surface area contributed by atoms with Crippen LogP contribution in [0.3, 0.4) is 0 Å². The van der Waals surface area contributed by atoms with Crippen LogP contribution in [0.15, 0.2) is 35.5 Å². The van der Waals surface area contributed by atoms with Gasteiger partial charge in [0.05, 0.1) is 6.10 Å². The van der Waals surface area contributed by atoms with Gasteiger partial charge in [0.25, 0.3) is 0 Å². The maximum atomic E-state index is 10.0. The number of terminal acetylenes is 1. The molecule has 0 aromatic heterocycles. The molecule has 1 heteroatoms. The molecule has 4 aliphatic carbocycles. The Labute approximate surface area is 134 Å². The molecule has 0 aliphatic heterocycles. The highest BCUT2D eigenvalue weighted by atomic mass is 16.3. The van der Waals surface area contributed by atoms with Gasteiger partial charge in [-0.3, -0.25) is 0 Å². The van der Waals surface area contributed by atoms with Crippen LogP contribution in [0.2, 0.25) is 0 Å². The lowest BCUT2D eigenvalue weighted by Gasteiger charge is -2.49. The molecule has 1 N–H and O–H groups in total. The Morgan fingerprint density at radius 2 is 2.05 bits per heavy atom. The van der Waals surface area contributed by atoms with E-state index in [4.69, 9.17) is 6.42 Å². The highest BCUT2D eigenvalue weighted by molar-refractivity contribution is 5.50. The quantitative estimate of drug-likeness (QED) is 0.662. The van der Waals surface area contributed by atoms with Gasteiger partial charge in [-0.2, -0.15) is 0 Å². The predicted octanol–water partition coefficient (Wildman–Crippen LogP) is 4.26. The minimum absolute atomic E-state index is 0.125. The van der Waals surface area contributed by atoms with Crippen LogP contribution in [0.5, 0.6) is 0 Å². The van der Waals surface area contributed by atoms with E-state index in [9.17, 15) is 5.11 Å². The maximum Gasteiger partial charge on any atom is 0.0546 e. The van der Waals surface area contributed by atoms with Crippen LogP contribution < -0.4 is 0 Å². The van der Waals surface area contributed by atoms with E-state index in [1.165, 1.54) is 17.6 Å². The van der Waals surface area contributed by atoms with Crippen molar-refractivity contribution in [3.05, 3.63) is 35.5 Å². The summed E-state index contributed by atoms with van der Waals surface area (Å²) >= 11 is 0. The average molecular weight is 294 g/mol. The second-order valence-electron chi connectivity index (χ2n) is 8.23. The largest absolute Gasteiger partial charge is 0.393 e. The van der Waals surface area contributed by atoms with Crippen molar-refractivity contribution in [1.29, 1.82) is 0 Å². The number of hydrogen-bond acceptors (Lipinski definition) is 1. The number of aliphatic hydroxyl groups is 1. The fourth-order valence-corrected chi connectivity index (χ4v) is 5.62. The van der Waals surface area contributed by atoms with E-state index in [2.05, 4.69) is 44.1 Å². The van der Waals surface area contributed by atoms with Crippen molar-refractivity contribution in [1.82, 2.24) is 0 Å². The molecule has 0 saturated heterocycles. The Kier molecular flexibility index (Phi) is 3.01. The lowest BCUT2D eigenvalue weighted by Crippen LogP contribution is -2.41. The molecule has 6 atom stereocenters. The van der Waals surface area contributed by atoms with E-state index >= 15 is 0 Å². The standard InChI is InChI=1S/C21H26O/c1-4-14-6-8-18-17-7-5-15-13-16(22)9-11-21(15,3)19(17)10-12-20(14,18)2/h1,5,7,10,12,14-16,18,22H,6,8-9,11,13H2,2-3H3/t14?,15-,16-,18?,20?,21+/m1/s1. The third kappa shape index (κ3) is 1.71. The molecular weight excluding hydrogens is 268 g/mol. The zero-order valence-electron chi connectivity index (χ0n) is 13.7. The Morgan fingerprint density at radius 3 is 2.82 bits per heavy atom. The van der Waals surface area contributed by atoms with Crippen LogP contribution in [0, 0.1) is 40.9 Å². The summed E-state index contributed by atoms with van der Waals surface area (Å²) in [6.07, 6.45) is 20.5. The summed E-state index contributed by atoms with van der Waals surface area (Å²) < 4.78 is 0. The van der Waals surface area contributed by atoms with Crippen molar-refractivity contribution in [2.75, 3.05) is 0 Å². The van der Waals surface area contributed by atoms with Crippen LogP contribution in [0.4, 0.5) is 0 Å². The molecule has 0 radical (unpaired) electrons. The minimum Gasteiger partial charge on any atom is -0.393 e. The van der Waals surface area contributed by atoms with Gasteiger partial charge in [0.1, 0.15) is 0 Å². The molecule has 3 unspecified atom stereocenters. The second-order valence-corrected chi connectivity index (χ2v) is 8.23. The zero-order chi connectivity index (χ0) is 15.5. The zero-order valence-corrected chi connectivity index (χ0v) is 13.7. The molecule has 4 aliphatic rings. The average Bonchev–Trinajstić information content (AvgIpc) is 2.84. The van der Waals surface area contributed by atoms with E-state index in [1.807, 2.05) is 0 Å². The fourth-order valence-electron chi connectivity index (χ4n) is 5.62. The predicted molar refractivity (Wildman–Crippen MR) is 89.9 cm³/mol. The summed E-state index contributed by atoms with van der Waals surface area (Å²) in [4.78, 5) is 0. The monoisotopic (exact) mass is 294 g/mol. The summed E-state index contributed by atoms with van der Waals surface area (Å²) in [5, 5.41) is 10.0. The van der Waals surface area contributed by atoms with Crippen molar-refractivity contribution >= 4 is 0 Å². The van der Waals surface area contributed by atoms with Crippen molar-refractivity contribution < 1.29 is 5.11 Å². The third-order valence-electron chi connectivity index (χ3n) is 7.21. The molecule has 22 heavy (non-hydrogen) atoms. The van der Waals surface area contributed by atoms with Gasteiger partial charge >= 0.3 is 0 Å². The first kappa shape index (κ1) is 14.3. The lowest BCUT2D eigenvalue weighted by atomic mass is 9.55. The number of fused-ring (bicyclic) bond motifs is 4. The summed E-state index contributed by atoms with van der Waals surface area (Å²) in [7, 11) is 0. The first-order valence-electron chi connectivity index (χ1n) is 8.75. The molecule has 2 fully saturated rings. The van der Waals surface area contributed by atoms with E-state index in [0.29, 0.717) is 17.8 Å². The number of rotatable bonds is 0. The summed E-state index contributed by atoms with van der Waals surface area (Å²) in [6.45, 7) is 4.76. The Bertz CT molecular complexity index is 631. The van der Waals surface area contributed by atoms with Gasteiger partial charge in [-0.1, -0.05) is 38.2 Å². The molecule has 0 spiro atoms. The van der Waals surface area contributed by atoms with Crippen LogP contribution >= 0.6 is 0 Å². The van der Waals surface area contributed by atoms with Crippen molar-refractivity contribution in [3.8, 4) is 12.3 Å². The highest BCUT2D eigenvalue weighted by Crippen LogP contribution is 2.60.